The molecule has 1 aromatic carbocycles. The molecular weight excluding hydrogens is 290 g/mol. The van der Waals surface area contributed by atoms with Crippen LogP contribution in [0.4, 0.5) is 0 Å². The zero-order chi connectivity index (χ0) is 13.4. The van der Waals surface area contributed by atoms with E-state index in [4.69, 9.17) is 11.2 Å². The highest BCUT2D eigenvalue weighted by Crippen LogP contribution is 2.29. The molecule has 1 rings (SSSR count). The smallest absolute Gasteiger partial charge is 0.133 e. The summed E-state index contributed by atoms with van der Waals surface area (Å²) < 4.78 is 6.23. The molecule has 1 aromatic rings. The molecule has 0 aliphatic carbocycles. The summed E-state index contributed by atoms with van der Waals surface area (Å²) >= 11 is 3.52. The average molecular weight is 310 g/mol. The van der Waals surface area contributed by atoms with Gasteiger partial charge in [-0.15, -0.1) is 12.3 Å². The second kappa shape index (κ2) is 8.18. The van der Waals surface area contributed by atoms with E-state index in [1.807, 2.05) is 6.07 Å². The van der Waals surface area contributed by atoms with Crippen LogP contribution in [0.15, 0.2) is 22.7 Å². The van der Waals surface area contributed by atoms with Crippen LogP contribution in [-0.4, -0.2) is 13.7 Å². The van der Waals surface area contributed by atoms with Gasteiger partial charge in [-0.3, -0.25) is 0 Å². The zero-order valence-corrected chi connectivity index (χ0v) is 12.6. The molecule has 0 saturated carbocycles. The molecule has 0 spiro atoms. The second-order valence-electron chi connectivity index (χ2n) is 4.10. The fourth-order valence-corrected chi connectivity index (χ4v) is 2.50. The van der Waals surface area contributed by atoms with Gasteiger partial charge in [0.05, 0.1) is 11.6 Å². The fourth-order valence-electron chi connectivity index (χ4n) is 1.94. The number of unbranched alkanes of at least 4 members (excludes halogenated alkanes) is 1. The van der Waals surface area contributed by atoms with Crippen molar-refractivity contribution in [2.45, 2.75) is 32.2 Å². The van der Waals surface area contributed by atoms with Gasteiger partial charge in [-0.2, -0.15) is 0 Å². The topological polar surface area (TPSA) is 21.3 Å². The Morgan fingerprint density at radius 3 is 2.83 bits per heavy atom. The largest absolute Gasteiger partial charge is 0.496 e. The Morgan fingerprint density at radius 1 is 1.50 bits per heavy atom. The normalized spacial score (nSPS) is 11.9. The van der Waals surface area contributed by atoms with Crippen molar-refractivity contribution in [2.75, 3.05) is 13.7 Å². The van der Waals surface area contributed by atoms with E-state index in [-0.39, 0.29) is 0 Å². The number of benzene rings is 1. The minimum Gasteiger partial charge on any atom is -0.496 e. The molecule has 0 aliphatic rings. The average Bonchev–Trinajstić information content (AvgIpc) is 2.38. The van der Waals surface area contributed by atoms with Gasteiger partial charge < -0.3 is 10.1 Å². The van der Waals surface area contributed by atoms with E-state index >= 15 is 0 Å². The first-order chi connectivity index (χ1) is 8.72. The molecule has 2 nitrogen and oxygen atoms in total. The van der Waals surface area contributed by atoms with Gasteiger partial charge in [-0.25, -0.2) is 0 Å². The van der Waals surface area contributed by atoms with Crippen LogP contribution in [0.25, 0.3) is 0 Å². The van der Waals surface area contributed by atoms with Gasteiger partial charge in [0, 0.05) is 12.5 Å². The lowest BCUT2D eigenvalue weighted by Crippen LogP contribution is -2.20. The first kappa shape index (κ1) is 15.1. The maximum atomic E-state index is 5.29. The second-order valence-corrected chi connectivity index (χ2v) is 4.95. The molecule has 18 heavy (non-hydrogen) atoms. The van der Waals surface area contributed by atoms with Crippen LogP contribution in [-0.2, 0) is 0 Å². The standard InChI is InChI=1S/C15H20BrNO/c1-4-6-7-8-14(17-5-2)12-9-10-15(18-3)13(16)11-12/h1,9-11,14,17H,5-8H2,2-3H3. The third kappa shape index (κ3) is 4.36. The van der Waals surface area contributed by atoms with Crippen LogP contribution in [0.2, 0.25) is 0 Å². The Bertz CT molecular complexity index is 411. The lowest BCUT2D eigenvalue weighted by molar-refractivity contribution is 0.411. The quantitative estimate of drug-likeness (QED) is 0.609. The number of rotatable bonds is 7. The summed E-state index contributed by atoms with van der Waals surface area (Å²) in [6, 6.07) is 6.56. The maximum Gasteiger partial charge on any atom is 0.133 e. The van der Waals surface area contributed by atoms with Crippen LogP contribution >= 0.6 is 15.9 Å². The monoisotopic (exact) mass is 309 g/mol. The van der Waals surface area contributed by atoms with E-state index in [9.17, 15) is 0 Å². The van der Waals surface area contributed by atoms with E-state index in [0.29, 0.717) is 6.04 Å². The highest BCUT2D eigenvalue weighted by molar-refractivity contribution is 9.10. The summed E-state index contributed by atoms with van der Waals surface area (Å²) in [5.74, 6) is 3.55. The van der Waals surface area contributed by atoms with Crippen LogP contribution in [0.5, 0.6) is 5.75 Å². The first-order valence-corrected chi connectivity index (χ1v) is 7.02. The third-order valence-electron chi connectivity index (χ3n) is 2.84. The first-order valence-electron chi connectivity index (χ1n) is 6.23. The third-order valence-corrected chi connectivity index (χ3v) is 3.46. The molecule has 0 radical (unpaired) electrons. The molecule has 0 aliphatic heterocycles. The van der Waals surface area contributed by atoms with E-state index in [1.54, 1.807) is 7.11 Å². The molecule has 3 heteroatoms. The Kier molecular flexibility index (Phi) is 6.85. The van der Waals surface area contributed by atoms with Gasteiger partial charge in [0.2, 0.25) is 0 Å². The van der Waals surface area contributed by atoms with Crippen LogP contribution in [0.1, 0.15) is 37.8 Å². The van der Waals surface area contributed by atoms with Crippen molar-refractivity contribution < 1.29 is 4.74 Å². The SMILES string of the molecule is C#CCCCC(NCC)c1ccc(OC)c(Br)c1. The van der Waals surface area contributed by atoms with Crippen molar-refractivity contribution in [3.63, 3.8) is 0 Å². The van der Waals surface area contributed by atoms with Gasteiger partial charge in [-0.1, -0.05) is 13.0 Å². The van der Waals surface area contributed by atoms with E-state index < -0.39 is 0 Å². The molecule has 98 valence electrons. The maximum absolute atomic E-state index is 5.29. The Labute approximate surface area is 118 Å². The van der Waals surface area contributed by atoms with Crippen molar-refractivity contribution in [3.8, 4) is 18.1 Å². The highest BCUT2D eigenvalue weighted by atomic mass is 79.9. The van der Waals surface area contributed by atoms with Gasteiger partial charge >= 0.3 is 0 Å². The van der Waals surface area contributed by atoms with Crippen molar-refractivity contribution >= 4 is 15.9 Å². The van der Waals surface area contributed by atoms with E-state index in [2.05, 4.69) is 46.2 Å². The van der Waals surface area contributed by atoms with Crippen LogP contribution < -0.4 is 10.1 Å². The lowest BCUT2D eigenvalue weighted by Gasteiger charge is -2.19. The summed E-state index contributed by atoms with van der Waals surface area (Å²) in [5.41, 5.74) is 1.27. The molecule has 1 unspecified atom stereocenters. The molecule has 0 amide bonds. The molecule has 1 atom stereocenters. The lowest BCUT2D eigenvalue weighted by atomic mass is 10.0. The zero-order valence-electron chi connectivity index (χ0n) is 11.0. The molecule has 0 bridgehead atoms. The van der Waals surface area contributed by atoms with Gasteiger partial charge in [0.25, 0.3) is 0 Å². The van der Waals surface area contributed by atoms with Crippen LogP contribution in [0.3, 0.4) is 0 Å². The van der Waals surface area contributed by atoms with Gasteiger partial charge in [-0.05, 0) is 53.0 Å². The summed E-state index contributed by atoms with van der Waals surface area (Å²) in [5, 5.41) is 3.49. The fraction of sp³-hybridized carbons (Fsp3) is 0.467. The molecule has 0 fully saturated rings. The minimum absolute atomic E-state index is 0.352. The summed E-state index contributed by atoms with van der Waals surface area (Å²) in [6.45, 7) is 3.07. The van der Waals surface area contributed by atoms with Crippen molar-refractivity contribution in [2.24, 2.45) is 0 Å². The Balaban J connectivity index is 2.78. The van der Waals surface area contributed by atoms with E-state index in [1.165, 1.54) is 5.56 Å². The minimum atomic E-state index is 0.352. The predicted octanol–water partition coefficient (Wildman–Crippen LogP) is 3.91. The summed E-state index contributed by atoms with van der Waals surface area (Å²) in [6.07, 6.45) is 8.22. The van der Waals surface area contributed by atoms with Crippen molar-refractivity contribution in [1.82, 2.24) is 5.32 Å². The molecule has 0 aromatic heterocycles. The van der Waals surface area contributed by atoms with Gasteiger partial charge in [0.1, 0.15) is 5.75 Å². The number of hydrogen-bond acceptors (Lipinski definition) is 2. The van der Waals surface area contributed by atoms with Crippen LogP contribution in [0, 0.1) is 12.3 Å². The summed E-state index contributed by atoms with van der Waals surface area (Å²) in [4.78, 5) is 0. The number of nitrogens with one attached hydrogen (secondary N) is 1. The van der Waals surface area contributed by atoms with E-state index in [0.717, 1.165) is 36.0 Å². The molecular formula is C15H20BrNO. The van der Waals surface area contributed by atoms with Crippen molar-refractivity contribution in [1.29, 1.82) is 0 Å². The number of terminal acetylenes is 1. The number of halogens is 1. The highest BCUT2D eigenvalue weighted by Gasteiger charge is 2.11. The Morgan fingerprint density at radius 2 is 2.28 bits per heavy atom. The Hall–Kier alpha value is -0.980. The molecule has 0 heterocycles. The van der Waals surface area contributed by atoms with Gasteiger partial charge in [0.15, 0.2) is 0 Å². The molecule has 1 N–H and O–H groups in total. The predicted molar refractivity (Wildman–Crippen MR) is 79.8 cm³/mol. The van der Waals surface area contributed by atoms with Crippen molar-refractivity contribution in [3.05, 3.63) is 28.2 Å². The number of hydrogen-bond donors (Lipinski definition) is 1. The molecule has 0 saturated heterocycles. The number of methoxy groups -OCH3 is 1. The number of ether oxygens (including phenoxy) is 1. The summed E-state index contributed by atoms with van der Waals surface area (Å²) in [7, 11) is 1.68.